The maximum absolute atomic E-state index is 10.3. The van der Waals surface area contributed by atoms with Gasteiger partial charge in [0.05, 0.1) is 0 Å². The molecular formula is C9H10N3O4S2+. The summed E-state index contributed by atoms with van der Waals surface area (Å²) in [5.74, 6) is 0. The number of aromatic nitrogens is 3. The van der Waals surface area contributed by atoms with Crippen LogP contribution in [0.25, 0.3) is 11.3 Å². The van der Waals surface area contributed by atoms with Gasteiger partial charge in [0.2, 0.25) is 0 Å². The van der Waals surface area contributed by atoms with Gasteiger partial charge >= 0.3 is 10.4 Å². The summed E-state index contributed by atoms with van der Waals surface area (Å²) < 4.78 is 38.8. The molecule has 0 amide bonds. The second-order valence-corrected chi connectivity index (χ2v) is 5.07. The minimum Gasteiger partial charge on any atom is -0.264 e. The van der Waals surface area contributed by atoms with Crippen molar-refractivity contribution in [3.8, 4) is 11.3 Å². The molecule has 2 rings (SSSR count). The van der Waals surface area contributed by atoms with Gasteiger partial charge in [-0.2, -0.15) is 8.42 Å². The standard InChI is InChI=1S/C9H9N3O4S2/c13-18(14,15)16-6-5-12-3-1-8(2-4-12)9-7-17-11-10-9/h1-4,7H,5-6H2/p+1. The highest BCUT2D eigenvalue weighted by molar-refractivity contribution is 7.80. The van der Waals surface area contributed by atoms with Crippen LogP contribution in [0.4, 0.5) is 0 Å². The van der Waals surface area contributed by atoms with Crippen molar-refractivity contribution in [1.82, 2.24) is 9.59 Å². The summed E-state index contributed by atoms with van der Waals surface area (Å²) in [5, 5.41) is 5.77. The van der Waals surface area contributed by atoms with Gasteiger partial charge in [-0.1, -0.05) is 4.49 Å². The maximum Gasteiger partial charge on any atom is 0.397 e. The summed E-state index contributed by atoms with van der Waals surface area (Å²) in [6, 6.07) is 3.67. The van der Waals surface area contributed by atoms with Gasteiger partial charge in [0, 0.05) is 23.1 Å². The molecule has 0 fully saturated rings. The van der Waals surface area contributed by atoms with Crippen LogP contribution < -0.4 is 4.57 Å². The van der Waals surface area contributed by atoms with E-state index in [9.17, 15) is 8.42 Å². The van der Waals surface area contributed by atoms with Crippen molar-refractivity contribution in [3.63, 3.8) is 0 Å². The molecular weight excluding hydrogens is 278 g/mol. The van der Waals surface area contributed by atoms with Crippen LogP contribution in [0.5, 0.6) is 0 Å². The van der Waals surface area contributed by atoms with Gasteiger partial charge in [0.15, 0.2) is 18.9 Å². The molecule has 0 saturated carbocycles. The zero-order valence-corrected chi connectivity index (χ0v) is 10.8. The molecule has 0 spiro atoms. The Morgan fingerprint density at radius 2 is 2.11 bits per heavy atom. The fourth-order valence-electron chi connectivity index (χ4n) is 1.32. The van der Waals surface area contributed by atoms with Crippen molar-refractivity contribution >= 4 is 21.9 Å². The fraction of sp³-hybridized carbons (Fsp3) is 0.222. The minimum absolute atomic E-state index is 0.124. The van der Waals surface area contributed by atoms with Crippen molar-refractivity contribution in [2.45, 2.75) is 6.54 Å². The van der Waals surface area contributed by atoms with Crippen LogP contribution >= 0.6 is 11.5 Å². The van der Waals surface area contributed by atoms with E-state index in [1.54, 1.807) is 17.0 Å². The Morgan fingerprint density at radius 1 is 1.39 bits per heavy atom. The topological polar surface area (TPSA) is 93.3 Å². The first-order valence-electron chi connectivity index (χ1n) is 4.93. The Hall–Kier alpha value is -1.42. The van der Waals surface area contributed by atoms with Gasteiger partial charge in [-0.05, 0) is 11.5 Å². The minimum atomic E-state index is -4.37. The molecule has 9 heteroatoms. The third-order valence-corrected chi connectivity index (χ3v) is 3.10. The highest BCUT2D eigenvalue weighted by atomic mass is 32.3. The van der Waals surface area contributed by atoms with E-state index in [1.165, 1.54) is 11.5 Å². The summed E-state index contributed by atoms with van der Waals surface area (Å²) >= 11 is 1.27. The van der Waals surface area contributed by atoms with Crippen LogP contribution in [0.3, 0.4) is 0 Å². The van der Waals surface area contributed by atoms with Crippen molar-refractivity contribution in [2.75, 3.05) is 6.61 Å². The third kappa shape index (κ3) is 3.81. The Morgan fingerprint density at radius 3 is 2.67 bits per heavy atom. The molecule has 0 bridgehead atoms. The molecule has 0 atom stereocenters. The van der Waals surface area contributed by atoms with E-state index in [-0.39, 0.29) is 6.61 Å². The summed E-state index contributed by atoms with van der Waals surface area (Å²) in [6.45, 7) is 0.191. The van der Waals surface area contributed by atoms with Crippen molar-refractivity contribution < 1.29 is 21.7 Å². The number of nitrogens with zero attached hydrogens (tertiary/aromatic N) is 3. The molecule has 0 aliphatic carbocycles. The highest BCUT2D eigenvalue weighted by Crippen LogP contribution is 2.14. The average molecular weight is 288 g/mol. The molecule has 2 aromatic rings. The lowest BCUT2D eigenvalue weighted by molar-refractivity contribution is -0.697. The van der Waals surface area contributed by atoms with Crippen molar-refractivity contribution in [3.05, 3.63) is 29.9 Å². The molecule has 0 unspecified atom stereocenters. The van der Waals surface area contributed by atoms with E-state index in [0.29, 0.717) is 6.54 Å². The van der Waals surface area contributed by atoms with Crippen LogP contribution in [0.1, 0.15) is 0 Å². The lowest BCUT2D eigenvalue weighted by Gasteiger charge is -1.98. The normalized spacial score (nSPS) is 11.6. The summed E-state index contributed by atoms with van der Waals surface area (Å²) in [6.07, 6.45) is 3.53. The molecule has 1 N–H and O–H groups in total. The zero-order valence-electron chi connectivity index (χ0n) is 9.13. The Kier molecular flexibility index (Phi) is 3.97. The summed E-state index contributed by atoms with van der Waals surface area (Å²) in [7, 11) is -4.37. The lowest BCUT2D eigenvalue weighted by Crippen LogP contribution is -2.35. The van der Waals surface area contributed by atoms with Crippen LogP contribution in [0, 0.1) is 0 Å². The number of hydrogen-bond acceptors (Lipinski definition) is 6. The third-order valence-electron chi connectivity index (χ3n) is 2.13. The van der Waals surface area contributed by atoms with E-state index >= 15 is 0 Å². The second kappa shape index (κ2) is 5.48. The molecule has 7 nitrogen and oxygen atoms in total. The first-order chi connectivity index (χ1) is 8.54. The molecule has 96 valence electrons. The number of rotatable bonds is 5. The fourth-order valence-corrected chi connectivity index (χ4v) is 2.07. The number of hydrogen-bond donors (Lipinski definition) is 1. The average Bonchev–Trinajstić information content (AvgIpc) is 2.82. The summed E-state index contributed by atoms with van der Waals surface area (Å²) in [4.78, 5) is 0. The molecule has 2 heterocycles. The molecule has 0 aliphatic rings. The lowest BCUT2D eigenvalue weighted by atomic mass is 10.2. The van der Waals surface area contributed by atoms with Crippen LogP contribution in [0.15, 0.2) is 29.9 Å². The van der Waals surface area contributed by atoms with Gasteiger partial charge < -0.3 is 0 Å². The van der Waals surface area contributed by atoms with Crippen molar-refractivity contribution in [1.29, 1.82) is 0 Å². The molecule has 0 saturated heterocycles. The smallest absolute Gasteiger partial charge is 0.264 e. The number of pyridine rings is 1. The summed E-state index contributed by atoms with van der Waals surface area (Å²) in [5.41, 5.74) is 1.72. The molecule has 2 aromatic heterocycles. The van der Waals surface area contributed by atoms with E-state index in [4.69, 9.17) is 4.55 Å². The SMILES string of the molecule is O=S(=O)(O)OCC[n+]1ccc(-c2csnn2)cc1. The second-order valence-electron chi connectivity index (χ2n) is 3.36. The molecule has 0 radical (unpaired) electrons. The monoisotopic (exact) mass is 288 g/mol. The quantitative estimate of drug-likeness (QED) is 0.629. The Balaban J connectivity index is 1.96. The predicted molar refractivity (Wildman–Crippen MR) is 63.0 cm³/mol. The zero-order chi connectivity index (χ0) is 13.0. The first kappa shape index (κ1) is 13.0. The van der Waals surface area contributed by atoms with Gasteiger partial charge in [-0.3, -0.25) is 4.55 Å². The Bertz CT molecular complexity index is 595. The van der Waals surface area contributed by atoms with E-state index in [1.807, 2.05) is 17.5 Å². The molecule has 0 aromatic carbocycles. The molecule has 18 heavy (non-hydrogen) atoms. The van der Waals surface area contributed by atoms with Gasteiger partial charge in [0.25, 0.3) is 0 Å². The van der Waals surface area contributed by atoms with Crippen LogP contribution in [-0.2, 0) is 21.1 Å². The van der Waals surface area contributed by atoms with Crippen LogP contribution in [-0.4, -0.2) is 29.2 Å². The van der Waals surface area contributed by atoms with Gasteiger partial charge in [-0.25, -0.2) is 8.75 Å². The van der Waals surface area contributed by atoms with E-state index < -0.39 is 10.4 Å². The molecule has 0 aliphatic heterocycles. The van der Waals surface area contributed by atoms with E-state index in [0.717, 1.165) is 11.3 Å². The first-order valence-corrected chi connectivity index (χ1v) is 7.13. The van der Waals surface area contributed by atoms with Gasteiger partial charge in [0.1, 0.15) is 12.3 Å². The maximum atomic E-state index is 10.3. The Labute approximate surface area is 108 Å². The van der Waals surface area contributed by atoms with Gasteiger partial charge in [-0.15, -0.1) is 5.10 Å². The van der Waals surface area contributed by atoms with Crippen molar-refractivity contribution in [2.24, 2.45) is 0 Å². The van der Waals surface area contributed by atoms with E-state index in [2.05, 4.69) is 13.8 Å². The largest absolute Gasteiger partial charge is 0.397 e. The van der Waals surface area contributed by atoms with Crippen LogP contribution in [0.2, 0.25) is 0 Å². The highest BCUT2D eigenvalue weighted by Gasteiger charge is 2.08. The predicted octanol–water partition coefficient (Wildman–Crippen LogP) is 0.312.